The van der Waals surface area contributed by atoms with Crippen molar-refractivity contribution in [1.82, 2.24) is 9.78 Å². The number of nitriles is 1. The lowest BCUT2D eigenvalue weighted by Gasteiger charge is -2.22. The second-order valence-electron chi connectivity index (χ2n) is 5.46. The van der Waals surface area contributed by atoms with Gasteiger partial charge in [0.1, 0.15) is 23.1 Å². The zero-order valence-electron chi connectivity index (χ0n) is 11.7. The van der Waals surface area contributed by atoms with Gasteiger partial charge in [-0.25, -0.2) is 4.68 Å². The highest BCUT2D eigenvalue weighted by Crippen LogP contribution is 2.34. The molecule has 1 fully saturated rings. The molecule has 0 atom stereocenters. The van der Waals surface area contributed by atoms with Crippen molar-refractivity contribution < 1.29 is 0 Å². The molecular weight excluding hydrogens is 328 g/mol. The van der Waals surface area contributed by atoms with Gasteiger partial charge >= 0.3 is 0 Å². The van der Waals surface area contributed by atoms with E-state index in [2.05, 4.69) is 27.1 Å². The number of halogens is 1. The molecule has 0 saturated heterocycles. The SMILES string of the molecule is N#Cc1c(-c2ccc(Br)cc2)nn(C2CCCCC2)c1N. The maximum atomic E-state index is 9.43. The number of nitrogens with two attached hydrogens (primary N) is 1. The molecule has 1 aromatic carbocycles. The molecule has 1 aliphatic carbocycles. The number of rotatable bonds is 2. The largest absolute Gasteiger partial charge is 0.383 e. The average molecular weight is 345 g/mol. The summed E-state index contributed by atoms with van der Waals surface area (Å²) in [4.78, 5) is 0. The Morgan fingerprint density at radius 3 is 2.48 bits per heavy atom. The van der Waals surface area contributed by atoms with Crippen molar-refractivity contribution in [3.63, 3.8) is 0 Å². The van der Waals surface area contributed by atoms with Gasteiger partial charge in [0, 0.05) is 10.0 Å². The molecule has 0 amide bonds. The zero-order valence-corrected chi connectivity index (χ0v) is 13.3. The summed E-state index contributed by atoms with van der Waals surface area (Å²) in [5, 5.41) is 14.1. The first kappa shape index (κ1) is 14.2. The molecule has 108 valence electrons. The van der Waals surface area contributed by atoms with E-state index in [0.717, 1.165) is 22.9 Å². The van der Waals surface area contributed by atoms with E-state index in [1.54, 1.807) is 0 Å². The fourth-order valence-corrected chi connectivity index (χ4v) is 3.24. The quantitative estimate of drug-likeness (QED) is 0.884. The Kier molecular flexibility index (Phi) is 3.98. The molecule has 1 aromatic heterocycles. The zero-order chi connectivity index (χ0) is 14.8. The second kappa shape index (κ2) is 5.90. The van der Waals surface area contributed by atoms with Crippen LogP contribution in [0.15, 0.2) is 28.7 Å². The summed E-state index contributed by atoms with van der Waals surface area (Å²) >= 11 is 3.42. The molecule has 2 aromatic rings. The van der Waals surface area contributed by atoms with Crippen LogP contribution < -0.4 is 5.73 Å². The van der Waals surface area contributed by atoms with E-state index in [-0.39, 0.29) is 0 Å². The van der Waals surface area contributed by atoms with Crippen LogP contribution in [0.25, 0.3) is 11.3 Å². The highest BCUT2D eigenvalue weighted by molar-refractivity contribution is 9.10. The predicted molar refractivity (Wildman–Crippen MR) is 86.6 cm³/mol. The average Bonchev–Trinajstić information content (AvgIpc) is 2.85. The summed E-state index contributed by atoms with van der Waals surface area (Å²) in [6, 6.07) is 10.4. The van der Waals surface area contributed by atoms with Crippen molar-refractivity contribution in [2.24, 2.45) is 0 Å². The van der Waals surface area contributed by atoms with Crippen LogP contribution in [0.2, 0.25) is 0 Å². The Morgan fingerprint density at radius 1 is 1.19 bits per heavy atom. The lowest BCUT2D eigenvalue weighted by atomic mass is 9.96. The Labute approximate surface area is 132 Å². The van der Waals surface area contributed by atoms with E-state index in [1.165, 1.54) is 19.3 Å². The number of hydrogen-bond donors (Lipinski definition) is 1. The normalized spacial score (nSPS) is 15.8. The number of anilines is 1. The van der Waals surface area contributed by atoms with E-state index in [0.29, 0.717) is 23.1 Å². The highest BCUT2D eigenvalue weighted by Gasteiger charge is 2.23. The monoisotopic (exact) mass is 344 g/mol. The number of nitrogens with zero attached hydrogens (tertiary/aromatic N) is 3. The standard InChI is InChI=1S/C16H17BrN4/c17-12-8-6-11(7-9-12)15-14(10-18)16(19)21(20-15)13-4-2-1-3-5-13/h6-9,13H,1-5,19H2. The molecule has 1 aliphatic rings. The van der Waals surface area contributed by atoms with Crippen molar-refractivity contribution >= 4 is 21.7 Å². The summed E-state index contributed by atoms with van der Waals surface area (Å²) in [6.07, 6.45) is 5.88. The molecule has 0 aliphatic heterocycles. The summed E-state index contributed by atoms with van der Waals surface area (Å²) in [6.45, 7) is 0. The van der Waals surface area contributed by atoms with Gasteiger partial charge in [0.2, 0.25) is 0 Å². The fraction of sp³-hybridized carbons (Fsp3) is 0.375. The van der Waals surface area contributed by atoms with Crippen molar-refractivity contribution in [3.8, 4) is 17.3 Å². The number of aromatic nitrogens is 2. The molecule has 4 nitrogen and oxygen atoms in total. The molecule has 1 saturated carbocycles. The Bertz CT molecular complexity index is 676. The third-order valence-corrected chi connectivity index (χ3v) is 4.63. The van der Waals surface area contributed by atoms with Gasteiger partial charge in [-0.05, 0) is 25.0 Å². The summed E-state index contributed by atoms with van der Waals surface area (Å²) in [5.41, 5.74) is 8.29. The molecule has 0 unspecified atom stereocenters. The fourth-order valence-electron chi connectivity index (χ4n) is 2.97. The third-order valence-electron chi connectivity index (χ3n) is 4.10. The summed E-state index contributed by atoms with van der Waals surface area (Å²) in [7, 11) is 0. The summed E-state index contributed by atoms with van der Waals surface area (Å²) < 4.78 is 2.87. The van der Waals surface area contributed by atoms with Gasteiger partial charge in [-0.1, -0.05) is 47.3 Å². The first-order valence-electron chi connectivity index (χ1n) is 7.24. The minimum atomic E-state index is 0.329. The van der Waals surface area contributed by atoms with Crippen LogP contribution in [0.5, 0.6) is 0 Å². The van der Waals surface area contributed by atoms with Gasteiger partial charge in [-0.2, -0.15) is 10.4 Å². The van der Waals surface area contributed by atoms with Crippen LogP contribution in [-0.4, -0.2) is 9.78 Å². The molecular formula is C16H17BrN4. The molecule has 0 radical (unpaired) electrons. The number of benzene rings is 1. The van der Waals surface area contributed by atoms with E-state index < -0.39 is 0 Å². The maximum absolute atomic E-state index is 9.43. The van der Waals surface area contributed by atoms with Crippen molar-refractivity contribution in [3.05, 3.63) is 34.3 Å². The molecule has 0 bridgehead atoms. The van der Waals surface area contributed by atoms with Gasteiger partial charge in [-0.15, -0.1) is 0 Å². The first-order chi connectivity index (χ1) is 10.2. The third kappa shape index (κ3) is 2.68. The number of nitrogen functional groups attached to an aromatic ring is 1. The topological polar surface area (TPSA) is 67.6 Å². The molecule has 21 heavy (non-hydrogen) atoms. The van der Waals surface area contributed by atoms with Gasteiger partial charge in [0.05, 0.1) is 6.04 Å². The molecule has 3 rings (SSSR count). The lowest BCUT2D eigenvalue weighted by Crippen LogP contribution is -2.16. The molecule has 0 spiro atoms. The predicted octanol–water partition coefficient (Wildman–Crippen LogP) is 4.27. The maximum Gasteiger partial charge on any atom is 0.140 e. The lowest BCUT2D eigenvalue weighted by molar-refractivity contribution is 0.333. The van der Waals surface area contributed by atoms with Gasteiger partial charge in [-0.3, -0.25) is 0 Å². The van der Waals surface area contributed by atoms with Crippen LogP contribution in [0, 0.1) is 11.3 Å². The van der Waals surface area contributed by atoms with Gasteiger partial charge < -0.3 is 5.73 Å². The molecule has 1 heterocycles. The Morgan fingerprint density at radius 2 is 1.86 bits per heavy atom. The van der Waals surface area contributed by atoms with Crippen LogP contribution in [0.4, 0.5) is 5.82 Å². The molecule has 5 heteroatoms. The van der Waals surface area contributed by atoms with E-state index in [1.807, 2.05) is 28.9 Å². The minimum absolute atomic E-state index is 0.329. The smallest absolute Gasteiger partial charge is 0.140 e. The first-order valence-corrected chi connectivity index (χ1v) is 8.04. The highest BCUT2D eigenvalue weighted by atomic mass is 79.9. The van der Waals surface area contributed by atoms with E-state index in [9.17, 15) is 5.26 Å². The Hall–Kier alpha value is -1.80. The van der Waals surface area contributed by atoms with E-state index >= 15 is 0 Å². The number of hydrogen-bond acceptors (Lipinski definition) is 3. The minimum Gasteiger partial charge on any atom is -0.383 e. The van der Waals surface area contributed by atoms with Crippen molar-refractivity contribution in [2.75, 3.05) is 5.73 Å². The van der Waals surface area contributed by atoms with Crippen LogP contribution in [-0.2, 0) is 0 Å². The van der Waals surface area contributed by atoms with Crippen LogP contribution in [0.1, 0.15) is 43.7 Å². The van der Waals surface area contributed by atoms with Gasteiger partial charge in [0.25, 0.3) is 0 Å². The summed E-state index contributed by atoms with van der Waals surface area (Å²) in [5.74, 6) is 0.502. The van der Waals surface area contributed by atoms with Crippen LogP contribution >= 0.6 is 15.9 Å². The van der Waals surface area contributed by atoms with Crippen molar-refractivity contribution in [1.29, 1.82) is 5.26 Å². The van der Waals surface area contributed by atoms with E-state index in [4.69, 9.17) is 5.73 Å². The van der Waals surface area contributed by atoms with Crippen molar-refractivity contribution in [2.45, 2.75) is 38.1 Å². The Balaban J connectivity index is 2.05. The molecule has 2 N–H and O–H groups in total. The van der Waals surface area contributed by atoms with Crippen LogP contribution in [0.3, 0.4) is 0 Å². The second-order valence-corrected chi connectivity index (χ2v) is 6.38. The van der Waals surface area contributed by atoms with Gasteiger partial charge in [0.15, 0.2) is 0 Å².